The van der Waals surface area contributed by atoms with Crippen molar-refractivity contribution in [2.75, 3.05) is 13.1 Å². The fraction of sp³-hybridized carbons (Fsp3) is 0.500. The second-order valence-corrected chi connectivity index (χ2v) is 5.54. The molecule has 1 N–H and O–H groups in total. The van der Waals surface area contributed by atoms with E-state index in [0.717, 1.165) is 5.69 Å². The Morgan fingerprint density at radius 2 is 2.15 bits per heavy atom. The average Bonchev–Trinajstić information content (AvgIpc) is 2.79. The van der Waals surface area contributed by atoms with Gasteiger partial charge in [0.05, 0.1) is 5.92 Å². The van der Waals surface area contributed by atoms with Crippen LogP contribution in [0.5, 0.6) is 0 Å². The van der Waals surface area contributed by atoms with Gasteiger partial charge in [0.25, 0.3) is 5.91 Å². The van der Waals surface area contributed by atoms with Gasteiger partial charge in [0.1, 0.15) is 5.15 Å². The molecule has 0 saturated carbocycles. The number of aryl methyl sites for hydroxylation is 1. The quantitative estimate of drug-likeness (QED) is 0.867. The Labute approximate surface area is 122 Å². The second-order valence-electron chi connectivity index (χ2n) is 5.16. The predicted molar refractivity (Wildman–Crippen MR) is 74.8 cm³/mol. The van der Waals surface area contributed by atoms with Crippen molar-refractivity contribution in [2.45, 2.75) is 20.3 Å². The van der Waals surface area contributed by atoms with Crippen molar-refractivity contribution in [3.8, 4) is 0 Å². The number of hydrogen-bond acceptors (Lipinski definition) is 3. The number of aliphatic carboxylic acids is 1. The van der Waals surface area contributed by atoms with Gasteiger partial charge in [-0.15, -0.1) is 0 Å². The Hall–Kier alpha value is -1.62. The van der Waals surface area contributed by atoms with Crippen LogP contribution in [0.2, 0.25) is 5.15 Å². The van der Waals surface area contributed by atoms with Crippen molar-refractivity contribution < 1.29 is 14.7 Å². The van der Waals surface area contributed by atoms with Crippen LogP contribution in [0, 0.1) is 11.8 Å². The molecule has 0 aromatic carbocycles. The third kappa shape index (κ3) is 2.93. The van der Waals surface area contributed by atoms with E-state index in [4.69, 9.17) is 16.7 Å². The van der Waals surface area contributed by atoms with Crippen LogP contribution < -0.4 is 0 Å². The summed E-state index contributed by atoms with van der Waals surface area (Å²) in [6.07, 6.45) is 0.689. The molecule has 0 aliphatic carbocycles. The Kier molecular flexibility index (Phi) is 4.28. The van der Waals surface area contributed by atoms with Crippen LogP contribution in [0.25, 0.3) is 0 Å². The number of pyridine rings is 1. The number of carboxylic acids is 1. The van der Waals surface area contributed by atoms with E-state index >= 15 is 0 Å². The first-order valence-electron chi connectivity index (χ1n) is 6.61. The highest BCUT2D eigenvalue weighted by Gasteiger charge is 2.37. The third-order valence-corrected chi connectivity index (χ3v) is 3.87. The zero-order valence-corrected chi connectivity index (χ0v) is 12.2. The summed E-state index contributed by atoms with van der Waals surface area (Å²) in [5.74, 6) is -1.57. The van der Waals surface area contributed by atoms with Crippen molar-refractivity contribution in [3.05, 3.63) is 28.5 Å². The molecule has 2 atom stereocenters. The lowest BCUT2D eigenvalue weighted by atomic mass is 9.99. The van der Waals surface area contributed by atoms with Gasteiger partial charge in [0.2, 0.25) is 0 Å². The summed E-state index contributed by atoms with van der Waals surface area (Å²) >= 11 is 5.91. The monoisotopic (exact) mass is 296 g/mol. The molecule has 2 heterocycles. The summed E-state index contributed by atoms with van der Waals surface area (Å²) in [7, 11) is 0. The Morgan fingerprint density at radius 3 is 2.70 bits per heavy atom. The molecule has 1 aromatic rings. The molecular weight excluding hydrogens is 280 g/mol. The van der Waals surface area contributed by atoms with Crippen LogP contribution in [0.3, 0.4) is 0 Å². The van der Waals surface area contributed by atoms with Gasteiger partial charge < -0.3 is 10.0 Å². The SMILES string of the molecule is CCc1cc(C(=O)N2C[C@@H](C)[C@H](C(=O)O)C2)cc(Cl)n1. The average molecular weight is 297 g/mol. The number of carbonyl (C=O) groups excluding carboxylic acids is 1. The highest BCUT2D eigenvalue weighted by atomic mass is 35.5. The van der Waals surface area contributed by atoms with E-state index in [1.54, 1.807) is 11.0 Å². The third-order valence-electron chi connectivity index (χ3n) is 3.67. The van der Waals surface area contributed by atoms with Crippen LogP contribution in [0.15, 0.2) is 12.1 Å². The van der Waals surface area contributed by atoms with Gasteiger partial charge in [-0.2, -0.15) is 0 Å². The molecule has 1 aliphatic rings. The number of likely N-dealkylation sites (tertiary alicyclic amines) is 1. The summed E-state index contributed by atoms with van der Waals surface area (Å²) < 4.78 is 0. The van der Waals surface area contributed by atoms with Crippen LogP contribution in [0.4, 0.5) is 0 Å². The van der Waals surface area contributed by atoms with Crippen LogP contribution in [-0.4, -0.2) is 40.0 Å². The molecule has 2 rings (SSSR count). The van der Waals surface area contributed by atoms with Gasteiger partial charge in [-0.25, -0.2) is 4.98 Å². The molecule has 1 aromatic heterocycles. The summed E-state index contributed by atoms with van der Waals surface area (Å²) in [5, 5.41) is 9.40. The van der Waals surface area contributed by atoms with Crippen molar-refractivity contribution in [1.29, 1.82) is 0 Å². The van der Waals surface area contributed by atoms with Gasteiger partial charge >= 0.3 is 5.97 Å². The Balaban J connectivity index is 2.20. The standard InChI is InChI=1S/C14H17ClN2O3/c1-3-10-4-9(5-12(15)16-10)13(18)17-6-8(2)11(7-17)14(19)20/h4-5,8,11H,3,6-7H2,1-2H3,(H,19,20)/t8-,11-/m1/s1. The summed E-state index contributed by atoms with van der Waals surface area (Å²) in [4.78, 5) is 29.2. The maximum Gasteiger partial charge on any atom is 0.308 e. The first-order valence-corrected chi connectivity index (χ1v) is 6.98. The van der Waals surface area contributed by atoms with Crippen molar-refractivity contribution in [2.24, 2.45) is 11.8 Å². The number of rotatable bonds is 3. The molecule has 0 radical (unpaired) electrons. The van der Waals surface area contributed by atoms with Crippen LogP contribution >= 0.6 is 11.6 Å². The minimum atomic E-state index is -0.852. The minimum absolute atomic E-state index is 0.0422. The second kappa shape index (κ2) is 5.79. The number of halogens is 1. The topological polar surface area (TPSA) is 70.5 Å². The van der Waals surface area contributed by atoms with E-state index in [9.17, 15) is 9.59 Å². The molecule has 6 heteroatoms. The molecule has 5 nitrogen and oxygen atoms in total. The van der Waals surface area contributed by atoms with Crippen molar-refractivity contribution >= 4 is 23.5 Å². The van der Waals surface area contributed by atoms with Crippen molar-refractivity contribution in [1.82, 2.24) is 9.88 Å². The van der Waals surface area contributed by atoms with E-state index in [1.807, 2.05) is 13.8 Å². The molecule has 1 amide bonds. The molecular formula is C14H17ClN2O3. The summed E-state index contributed by atoms with van der Waals surface area (Å²) in [6.45, 7) is 4.49. The highest BCUT2D eigenvalue weighted by Crippen LogP contribution is 2.25. The van der Waals surface area contributed by atoms with E-state index < -0.39 is 11.9 Å². The van der Waals surface area contributed by atoms with Gasteiger partial charge in [-0.1, -0.05) is 25.4 Å². The van der Waals surface area contributed by atoms with Crippen LogP contribution in [-0.2, 0) is 11.2 Å². The van der Waals surface area contributed by atoms with Gasteiger partial charge in [-0.3, -0.25) is 9.59 Å². The maximum absolute atomic E-state index is 12.4. The molecule has 0 spiro atoms. The zero-order valence-electron chi connectivity index (χ0n) is 11.5. The molecule has 0 unspecified atom stereocenters. The van der Waals surface area contributed by atoms with Gasteiger partial charge in [0, 0.05) is 24.3 Å². The lowest BCUT2D eigenvalue weighted by molar-refractivity contribution is -0.142. The molecule has 1 saturated heterocycles. The minimum Gasteiger partial charge on any atom is -0.481 e. The Morgan fingerprint density at radius 1 is 1.45 bits per heavy atom. The van der Waals surface area contributed by atoms with Crippen LogP contribution in [0.1, 0.15) is 29.9 Å². The first-order chi connectivity index (χ1) is 9.42. The highest BCUT2D eigenvalue weighted by molar-refractivity contribution is 6.29. The Bertz CT molecular complexity index is 547. The summed E-state index contributed by atoms with van der Waals surface area (Å²) in [5.41, 5.74) is 1.22. The zero-order chi connectivity index (χ0) is 14.9. The lowest BCUT2D eigenvalue weighted by Crippen LogP contribution is -2.30. The number of nitrogens with zero attached hydrogens (tertiary/aromatic N) is 2. The predicted octanol–water partition coefficient (Wildman–Crippen LogP) is 2.09. The first kappa shape index (κ1) is 14.8. The van der Waals surface area contributed by atoms with E-state index in [2.05, 4.69) is 4.98 Å². The van der Waals surface area contributed by atoms with E-state index in [0.29, 0.717) is 18.5 Å². The largest absolute Gasteiger partial charge is 0.481 e. The summed E-state index contributed by atoms with van der Waals surface area (Å²) in [6, 6.07) is 3.24. The number of hydrogen-bond donors (Lipinski definition) is 1. The molecule has 1 aliphatic heterocycles. The smallest absolute Gasteiger partial charge is 0.308 e. The number of aromatic nitrogens is 1. The van der Waals surface area contributed by atoms with Crippen molar-refractivity contribution in [3.63, 3.8) is 0 Å². The van der Waals surface area contributed by atoms with E-state index in [1.165, 1.54) is 6.07 Å². The maximum atomic E-state index is 12.4. The van der Waals surface area contributed by atoms with Gasteiger partial charge in [0.15, 0.2) is 0 Å². The molecule has 20 heavy (non-hydrogen) atoms. The van der Waals surface area contributed by atoms with Gasteiger partial charge in [-0.05, 0) is 24.5 Å². The fourth-order valence-corrected chi connectivity index (χ4v) is 2.72. The lowest BCUT2D eigenvalue weighted by Gasteiger charge is -2.16. The normalized spacial score (nSPS) is 22.1. The number of amides is 1. The number of carboxylic acid groups (broad SMARTS) is 1. The number of carbonyl (C=O) groups is 2. The molecule has 1 fully saturated rings. The molecule has 108 valence electrons. The molecule has 0 bridgehead atoms. The van der Waals surface area contributed by atoms with E-state index in [-0.39, 0.29) is 23.5 Å². The fourth-order valence-electron chi connectivity index (χ4n) is 2.49.